The molecule has 154 valence electrons. The molecule has 2 atom stereocenters. The molecule has 1 aromatic carbocycles. The third-order valence-electron chi connectivity index (χ3n) is 7.68. The van der Waals surface area contributed by atoms with Crippen LogP contribution in [0, 0.1) is 17.8 Å². The van der Waals surface area contributed by atoms with Crippen LogP contribution in [0.5, 0.6) is 0 Å². The topological polar surface area (TPSA) is 55.6 Å². The van der Waals surface area contributed by atoms with Crippen molar-refractivity contribution < 1.29 is 0 Å². The lowest BCUT2D eigenvalue weighted by molar-refractivity contribution is 0.224. The van der Waals surface area contributed by atoms with Crippen molar-refractivity contribution in [3.63, 3.8) is 0 Å². The van der Waals surface area contributed by atoms with E-state index < -0.39 is 0 Å². The average molecular weight is 400 g/mol. The lowest BCUT2D eigenvalue weighted by atomic mass is 9.67. The minimum Gasteiger partial charge on any atom is -0.370 e. The van der Waals surface area contributed by atoms with Crippen molar-refractivity contribution in [2.75, 3.05) is 11.9 Å². The van der Waals surface area contributed by atoms with Crippen LogP contribution in [-0.2, 0) is 12.0 Å². The molecule has 0 saturated heterocycles. The van der Waals surface area contributed by atoms with Crippen molar-refractivity contribution in [2.45, 2.75) is 50.5 Å². The van der Waals surface area contributed by atoms with Crippen molar-refractivity contribution in [3.8, 4) is 11.4 Å². The number of nitrogens with zero attached hydrogens (tertiary/aromatic N) is 4. The quantitative estimate of drug-likeness (QED) is 0.573. The van der Waals surface area contributed by atoms with Crippen LogP contribution in [0.1, 0.15) is 44.2 Å². The maximum atomic E-state index is 5.16. The summed E-state index contributed by atoms with van der Waals surface area (Å²) in [4.78, 5) is 14.2. The molecule has 4 saturated carbocycles. The summed E-state index contributed by atoms with van der Waals surface area (Å²) >= 11 is 0. The van der Waals surface area contributed by atoms with Crippen LogP contribution in [0.2, 0.25) is 0 Å². The standard InChI is InChI=1S/C25H29N5/c1-2-5-19(6-3-1)24-28-22(25-14-18-11-20(15-25)21(12-18)16-25)13-23(29-24)27-7-4-9-30-10-8-26-17-30/h1-3,5-6,8,10,13,17-18,20-21H,4,7,9,11-12,14-16H2,(H,27,28,29). The summed E-state index contributed by atoms with van der Waals surface area (Å²) < 4.78 is 2.12. The normalized spacial score (nSPS) is 28.9. The molecule has 1 N–H and O–H groups in total. The third-order valence-corrected chi connectivity index (χ3v) is 7.68. The second-order valence-corrected chi connectivity index (χ2v) is 9.66. The zero-order valence-corrected chi connectivity index (χ0v) is 17.4. The molecule has 4 bridgehead atoms. The van der Waals surface area contributed by atoms with Gasteiger partial charge in [0.25, 0.3) is 0 Å². The van der Waals surface area contributed by atoms with E-state index in [-0.39, 0.29) is 5.41 Å². The number of aryl methyl sites for hydroxylation is 1. The molecule has 7 rings (SSSR count). The highest BCUT2D eigenvalue weighted by atomic mass is 15.0. The molecule has 30 heavy (non-hydrogen) atoms. The summed E-state index contributed by atoms with van der Waals surface area (Å²) in [6.07, 6.45) is 13.7. The van der Waals surface area contributed by atoms with Gasteiger partial charge in [-0.1, -0.05) is 30.3 Å². The highest BCUT2D eigenvalue weighted by Crippen LogP contribution is 2.64. The minimum absolute atomic E-state index is 0.288. The monoisotopic (exact) mass is 399 g/mol. The van der Waals surface area contributed by atoms with Gasteiger partial charge in [0, 0.05) is 42.5 Å². The highest BCUT2D eigenvalue weighted by Gasteiger charge is 2.57. The zero-order valence-electron chi connectivity index (χ0n) is 17.4. The number of benzene rings is 1. The van der Waals surface area contributed by atoms with Gasteiger partial charge >= 0.3 is 0 Å². The first kappa shape index (κ1) is 18.1. The number of rotatable bonds is 7. The number of imidazole rings is 1. The molecule has 4 aliphatic rings. The van der Waals surface area contributed by atoms with Crippen LogP contribution in [0.25, 0.3) is 11.4 Å². The Balaban J connectivity index is 1.27. The van der Waals surface area contributed by atoms with Gasteiger partial charge < -0.3 is 9.88 Å². The molecule has 5 nitrogen and oxygen atoms in total. The van der Waals surface area contributed by atoms with Gasteiger partial charge in [0.15, 0.2) is 5.82 Å². The molecule has 4 aliphatic carbocycles. The first-order chi connectivity index (χ1) is 14.8. The molecule has 0 spiro atoms. The largest absolute Gasteiger partial charge is 0.370 e. The van der Waals surface area contributed by atoms with E-state index in [4.69, 9.17) is 9.97 Å². The molecule has 3 aromatic rings. The number of anilines is 1. The van der Waals surface area contributed by atoms with E-state index in [1.807, 2.05) is 18.7 Å². The van der Waals surface area contributed by atoms with Gasteiger partial charge in [-0.25, -0.2) is 15.0 Å². The predicted octanol–water partition coefficient (Wildman–Crippen LogP) is 4.92. The van der Waals surface area contributed by atoms with Crippen LogP contribution in [-0.4, -0.2) is 26.1 Å². The van der Waals surface area contributed by atoms with E-state index in [0.717, 1.165) is 54.5 Å². The van der Waals surface area contributed by atoms with Crippen molar-refractivity contribution in [1.29, 1.82) is 0 Å². The predicted molar refractivity (Wildman–Crippen MR) is 118 cm³/mol. The fraction of sp³-hybridized carbons (Fsp3) is 0.480. The summed E-state index contributed by atoms with van der Waals surface area (Å²) in [7, 11) is 0. The zero-order chi connectivity index (χ0) is 20.0. The maximum absolute atomic E-state index is 5.16. The number of nitrogens with one attached hydrogen (secondary N) is 1. The summed E-state index contributed by atoms with van der Waals surface area (Å²) in [5.74, 6) is 4.63. The Morgan fingerprint density at radius 1 is 1.03 bits per heavy atom. The maximum Gasteiger partial charge on any atom is 0.161 e. The number of aromatic nitrogens is 4. The van der Waals surface area contributed by atoms with Crippen molar-refractivity contribution in [2.24, 2.45) is 17.8 Å². The van der Waals surface area contributed by atoms with Gasteiger partial charge in [0.1, 0.15) is 5.82 Å². The van der Waals surface area contributed by atoms with E-state index in [9.17, 15) is 0 Å². The molecular weight excluding hydrogens is 370 g/mol. The lowest BCUT2D eigenvalue weighted by Gasteiger charge is -2.38. The Kier molecular flexibility index (Phi) is 4.36. The third kappa shape index (κ3) is 3.21. The first-order valence-corrected chi connectivity index (χ1v) is 11.4. The fourth-order valence-electron chi connectivity index (χ4n) is 6.55. The Morgan fingerprint density at radius 2 is 1.87 bits per heavy atom. The Hall–Kier alpha value is -2.69. The van der Waals surface area contributed by atoms with Gasteiger partial charge in [-0.15, -0.1) is 0 Å². The number of hydrogen-bond acceptors (Lipinski definition) is 4. The summed E-state index contributed by atoms with van der Waals surface area (Å²) in [5.41, 5.74) is 2.68. The molecule has 5 heteroatoms. The van der Waals surface area contributed by atoms with Crippen LogP contribution >= 0.6 is 0 Å². The van der Waals surface area contributed by atoms with Gasteiger partial charge in [-0.3, -0.25) is 0 Å². The summed E-state index contributed by atoms with van der Waals surface area (Å²) in [6.45, 7) is 1.86. The molecule has 4 fully saturated rings. The van der Waals surface area contributed by atoms with E-state index in [0.29, 0.717) is 0 Å². The molecule has 0 amide bonds. The Labute approximate surface area is 178 Å². The van der Waals surface area contributed by atoms with Gasteiger partial charge in [-0.2, -0.15) is 0 Å². The smallest absolute Gasteiger partial charge is 0.161 e. The van der Waals surface area contributed by atoms with E-state index in [2.05, 4.69) is 51.3 Å². The van der Waals surface area contributed by atoms with Crippen molar-refractivity contribution in [1.82, 2.24) is 19.5 Å². The summed E-state index contributed by atoms with van der Waals surface area (Å²) in [6, 6.07) is 12.7. The van der Waals surface area contributed by atoms with E-state index in [1.165, 1.54) is 37.8 Å². The van der Waals surface area contributed by atoms with Crippen LogP contribution in [0.4, 0.5) is 5.82 Å². The Bertz CT molecular complexity index is 994. The highest BCUT2D eigenvalue weighted by molar-refractivity contribution is 5.58. The van der Waals surface area contributed by atoms with Gasteiger partial charge in [0.2, 0.25) is 0 Å². The average Bonchev–Trinajstić information content (AvgIpc) is 3.46. The molecule has 2 unspecified atom stereocenters. The van der Waals surface area contributed by atoms with Crippen LogP contribution < -0.4 is 5.32 Å². The minimum atomic E-state index is 0.288. The number of hydrogen-bond donors (Lipinski definition) is 1. The molecular formula is C25H29N5. The van der Waals surface area contributed by atoms with Crippen molar-refractivity contribution in [3.05, 3.63) is 60.8 Å². The molecule has 2 heterocycles. The molecule has 0 aliphatic heterocycles. The van der Waals surface area contributed by atoms with Gasteiger partial charge in [-0.05, 0) is 56.3 Å². The van der Waals surface area contributed by atoms with Gasteiger partial charge in [0.05, 0.1) is 12.0 Å². The van der Waals surface area contributed by atoms with E-state index in [1.54, 1.807) is 0 Å². The van der Waals surface area contributed by atoms with Crippen molar-refractivity contribution >= 4 is 5.82 Å². The lowest BCUT2D eigenvalue weighted by Crippen LogP contribution is -2.32. The van der Waals surface area contributed by atoms with Crippen LogP contribution in [0.3, 0.4) is 0 Å². The van der Waals surface area contributed by atoms with Crippen LogP contribution in [0.15, 0.2) is 55.1 Å². The van der Waals surface area contributed by atoms with E-state index >= 15 is 0 Å². The molecule has 0 radical (unpaired) electrons. The molecule has 2 aromatic heterocycles. The Morgan fingerprint density at radius 3 is 2.60 bits per heavy atom. The first-order valence-electron chi connectivity index (χ1n) is 11.4. The second-order valence-electron chi connectivity index (χ2n) is 9.66. The second kappa shape index (κ2) is 7.22. The fourth-order valence-corrected chi connectivity index (χ4v) is 6.55. The SMILES string of the molecule is c1ccc(-c2nc(NCCCn3ccnc3)cc(C34CC5CC(C3)C(C5)C4)n2)cc1. The summed E-state index contributed by atoms with van der Waals surface area (Å²) in [5, 5.41) is 3.59.